The Morgan fingerprint density at radius 2 is 1.85 bits per heavy atom. The lowest BCUT2D eigenvalue weighted by Crippen LogP contribution is -2.53. The molecule has 2 aliphatic rings. The third-order valence-electron chi connectivity index (χ3n) is 4.21. The lowest BCUT2D eigenvalue weighted by atomic mass is 9.93. The van der Waals surface area contributed by atoms with Gasteiger partial charge in [-0.1, -0.05) is 0 Å². The number of hydrogen-bond donors (Lipinski definition) is 1. The van der Waals surface area contributed by atoms with Gasteiger partial charge < -0.3 is 15.5 Å². The van der Waals surface area contributed by atoms with Crippen LogP contribution in [-0.4, -0.2) is 53.8 Å². The van der Waals surface area contributed by atoms with Gasteiger partial charge in [0.15, 0.2) is 0 Å². The minimum Gasteiger partial charge on any atom is -0.351 e. The monoisotopic (exact) mass is 289 g/mol. The van der Waals surface area contributed by atoms with E-state index in [0.717, 1.165) is 12.8 Å². The summed E-state index contributed by atoms with van der Waals surface area (Å²) in [7, 11) is 0. The summed E-state index contributed by atoms with van der Waals surface area (Å²) in [5, 5.41) is 0. The maximum atomic E-state index is 13.0. The molecule has 2 N–H and O–H groups in total. The van der Waals surface area contributed by atoms with Crippen LogP contribution in [0.2, 0.25) is 0 Å². The summed E-state index contributed by atoms with van der Waals surface area (Å²) in [6.07, 6.45) is 0.671. The smallest absolute Gasteiger partial charge is 0.314 e. The molecule has 0 spiro atoms. The standard InChI is InChI=1S/C13H21F2N3O2/c14-11(15)10-5-1-2-7-18(10)12(19)9-4-3-6-17(8-9)13(16)20/h9-11H,1-8H2,(H2,16,20). The Hall–Kier alpha value is -1.40. The molecule has 114 valence electrons. The predicted molar refractivity (Wildman–Crippen MR) is 69.2 cm³/mol. The average molecular weight is 289 g/mol. The molecule has 7 heteroatoms. The quantitative estimate of drug-likeness (QED) is 0.835. The third-order valence-corrected chi connectivity index (χ3v) is 4.21. The number of carbonyl (C=O) groups excluding carboxylic acids is 2. The van der Waals surface area contributed by atoms with Crippen LogP contribution in [0.15, 0.2) is 0 Å². The van der Waals surface area contributed by atoms with E-state index in [1.807, 2.05) is 0 Å². The minimum atomic E-state index is -2.50. The van der Waals surface area contributed by atoms with Crippen LogP contribution in [0.4, 0.5) is 13.6 Å². The van der Waals surface area contributed by atoms with Gasteiger partial charge in [-0.25, -0.2) is 13.6 Å². The lowest BCUT2D eigenvalue weighted by molar-refractivity contribution is -0.145. The molecule has 5 nitrogen and oxygen atoms in total. The molecule has 20 heavy (non-hydrogen) atoms. The van der Waals surface area contributed by atoms with Crippen molar-refractivity contribution >= 4 is 11.9 Å². The Balaban J connectivity index is 2.03. The van der Waals surface area contributed by atoms with Crippen LogP contribution in [0.25, 0.3) is 0 Å². The second kappa shape index (κ2) is 6.37. The number of halogens is 2. The van der Waals surface area contributed by atoms with Crippen LogP contribution in [0.1, 0.15) is 32.1 Å². The molecule has 0 aromatic heterocycles. The number of carbonyl (C=O) groups is 2. The summed E-state index contributed by atoms with van der Waals surface area (Å²) in [6.45, 7) is 1.18. The van der Waals surface area contributed by atoms with Crippen molar-refractivity contribution in [3.05, 3.63) is 0 Å². The highest BCUT2D eigenvalue weighted by molar-refractivity contribution is 5.81. The number of hydrogen-bond acceptors (Lipinski definition) is 2. The highest BCUT2D eigenvalue weighted by Gasteiger charge is 2.37. The highest BCUT2D eigenvalue weighted by atomic mass is 19.3. The van der Waals surface area contributed by atoms with Crippen LogP contribution < -0.4 is 5.73 Å². The van der Waals surface area contributed by atoms with Crippen molar-refractivity contribution in [2.24, 2.45) is 11.7 Å². The molecule has 2 aliphatic heterocycles. The van der Waals surface area contributed by atoms with Crippen LogP contribution in [0.3, 0.4) is 0 Å². The van der Waals surface area contributed by atoms with E-state index in [0.29, 0.717) is 32.4 Å². The number of likely N-dealkylation sites (tertiary alicyclic amines) is 2. The zero-order chi connectivity index (χ0) is 14.7. The molecule has 2 unspecified atom stereocenters. The zero-order valence-electron chi connectivity index (χ0n) is 11.4. The molecule has 2 saturated heterocycles. The molecule has 2 atom stereocenters. The number of urea groups is 1. The summed E-state index contributed by atoms with van der Waals surface area (Å²) in [6, 6.07) is -1.52. The third kappa shape index (κ3) is 3.19. The number of rotatable bonds is 2. The van der Waals surface area contributed by atoms with Gasteiger partial charge in [-0.2, -0.15) is 0 Å². The van der Waals surface area contributed by atoms with Gasteiger partial charge in [0.2, 0.25) is 5.91 Å². The first-order valence-corrected chi connectivity index (χ1v) is 7.13. The van der Waals surface area contributed by atoms with Crippen molar-refractivity contribution < 1.29 is 18.4 Å². The first-order chi connectivity index (χ1) is 9.50. The Labute approximate surface area is 117 Å². The van der Waals surface area contributed by atoms with Crippen LogP contribution in [-0.2, 0) is 4.79 Å². The Bertz CT molecular complexity index is 379. The Morgan fingerprint density at radius 3 is 2.50 bits per heavy atom. The van der Waals surface area contributed by atoms with Gasteiger partial charge in [-0.3, -0.25) is 4.79 Å². The number of nitrogens with zero attached hydrogens (tertiary/aromatic N) is 2. The molecule has 0 aromatic carbocycles. The number of primary amides is 1. The van der Waals surface area contributed by atoms with Crippen LogP contribution >= 0.6 is 0 Å². The first-order valence-electron chi connectivity index (χ1n) is 7.13. The summed E-state index contributed by atoms with van der Waals surface area (Å²) >= 11 is 0. The number of amides is 3. The Kier molecular flexibility index (Phi) is 4.77. The highest BCUT2D eigenvalue weighted by Crippen LogP contribution is 2.27. The fourth-order valence-corrected chi connectivity index (χ4v) is 3.11. The van der Waals surface area contributed by atoms with E-state index >= 15 is 0 Å². The fraction of sp³-hybridized carbons (Fsp3) is 0.846. The molecule has 0 aliphatic carbocycles. The summed E-state index contributed by atoms with van der Waals surface area (Å²) in [4.78, 5) is 26.4. The van der Waals surface area contributed by atoms with Gasteiger partial charge in [0, 0.05) is 19.6 Å². The van der Waals surface area contributed by atoms with E-state index in [-0.39, 0.29) is 12.5 Å². The van der Waals surface area contributed by atoms with Crippen molar-refractivity contribution in [3.63, 3.8) is 0 Å². The second-order valence-corrected chi connectivity index (χ2v) is 5.55. The normalized spacial score (nSPS) is 27.8. The lowest BCUT2D eigenvalue weighted by Gasteiger charge is -2.39. The summed E-state index contributed by atoms with van der Waals surface area (Å²) in [5.41, 5.74) is 5.23. The van der Waals surface area contributed by atoms with E-state index in [9.17, 15) is 18.4 Å². The van der Waals surface area contributed by atoms with Crippen molar-refractivity contribution in [2.75, 3.05) is 19.6 Å². The molecule has 2 rings (SSSR count). The maximum absolute atomic E-state index is 13.0. The van der Waals surface area contributed by atoms with Gasteiger partial charge in [-0.15, -0.1) is 0 Å². The van der Waals surface area contributed by atoms with E-state index in [4.69, 9.17) is 5.73 Å². The molecule has 0 aromatic rings. The number of nitrogens with two attached hydrogens (primary N) is 1. The van der Waals surface area contributed by atoms with Gasteiger partial charge in [0.25, 0.3) is 6.43 Å². The fourth-order valence-electron chi connectivity index (χ4n) is 3.11. The van der Waals surface area contributed by atoms with Gasteiger partial charge in [-0.05, 0) is 32.1 Å². The van der Waals surface area contributed by atoms with Gasteiger partial charge >= 0.3 is 6.03 Å². The molecule has 2 fully saturated rings. The SMILES string of the molecule is NC(=O)N1CCCC(C(=O)N2CCCCC2C(F)F)C1. The molecule has 0 saturated carbocycles. The van der Waals surface area contributed by atoms with Crippen LogP contribution in [0, 0.1) is 5.92 Å². The van der Waals surface area contributed by atoms with Crippen molar-refractivity contribution in [2.45, 2.75) is 44.6 Å². The van der Waals surface area contributed by atoms with Crippen molar-refractivity contribution in [1.82, 2.24) is 9.80 Å². The zero-order valence-corrected chi connectivity index (χ0v) is 11.4. The molecule has 2 heterocycles. The van der Waals surface area contributed by atoms with Gasteiger partial charge in [0.1, 0.15) is 0 Å². The molecule has 0 radical (unpaired) electrons. The molecule has 0 bridgehead atoms. The Morgan fingerprint density at radius 1 is 1.10 bits per heavy atom. The number of alkyl halides is 2. The maximum Gasteiger partial charge on any atom is 0.314 e. The van der Waals surface area contributed by atoms with Crippen molar-refractivity contribution in [1.29, 1.82) is 0 Å². The molecular weight excluding hydrogens is 268 g/mol. The van der Waals surface area contributed by atoms with Gasteiger partial charge in [0.05, 0.1) is 12.0 Å². The molecule has 3 amide bonds. The van der Waals surface area contributed by atoms with E-state index in [2.05, 4.69) is 0 Å². The number of piperidine rings is 2. The molecular formula is C13H21F2N3O2. The average Bonchev–Trinajstić information content (AvgIpc) is 2.46. The van der Waals surface area contributed by atoms with E-state index in [1.54, 1.807) is 0 Å². The summed E-state index contributed by atoms with van der Waals surface area (Å²) in [5.74, 6) is -0.642. The predicted octanol–water partition coefficient (Wildman–Crippen LogP) is 1.42. The minimum absolute atomic E-state index is 0.249. The van der Waals surface area contributed by atoms with Crippen molar-refractivity contribution in [3.8, 4) is 0 Å². The summed E-state index contributed by atoms with van der Waals surface area (Å²) < 4.78 is 26.0. The van der Waals surface area contributed by atoms with E-state index < -0.39 is 24.4 Å². The first kappa shape index (κ1) is 15.0. The van der Waals surface area contributed by atoms with Crippen LogP contribution in [0.5, 0.6) is 0 Å². The topological polar surface area (TPSA) is 66.6 Å². The largest absolute Gasteiger partial charge is 0.351 e. The van der Waals surface area contributed by atoms with E-state index in [1.165, 1.54) is 9.80 Å². The second-order valence-electron chi connectivity index (χ2n) is 5.55.